The Labute approximate surface area is 125 Å². The third kappa shape index (κ3) is 2.21. The Morgan fingerprint density at radius 2 is 2.14 bits per heavy atom. The number of carbonyl (C=O) groups is 2. The zero-order chi connectivity index (χ0) is 15.1. The maximum Gasteiger partial charge on any atom is 0.266 e. The summed E-state index contributed by atoms with van der Waals surface area (Å²) < 4.78 is 0. The standard InChI is InChI=1S/C13H15N5O2S/c1-6-7(2)16-17-12-9(6)10(14)11(21-12)13(20)18-4-3-15-8(19)5-18/h3-5,14H2,1-2H3,(H,15,19). The van der Waals surface area contributed by atoms with Crippen molar-refractivity contribution >= 4 is 39.1 Å². The number of nitrogens with one attached hydrogen (secondary N) is 1. The first-order chi connectivity index (χ1) is 9.99. The third-order valence-corrected chi connectivity index (χ3v) is 4.73. The fraction of sp³-hybridized carbons (Fsp3) is 0.385. The highest BCUT2D eigenvalue weighted by Gasteiger charge is 2.27. The molecule has 0 aliphatic carbocycles. The predicted molar refractivity (Wildman–Crippen MR) is 80.2 cm³/mol. The van der Waals surface area contributed by atoms with Crippen LogP contribution in [0.2, 0.25) is 0 Å². The Bertz CT molecular complexity index is 755. The van der Waals surface area contributed by atoms with E-state index in [-0.39, 0.29) is 18.4 Å². The highest BCUT2D eigenvalue weighted by molar-refractivity contribution is 7.21. The van der Waals surface area contributed by atoms with Crippen LogP contribution < -0.4 is 11.1 Å². The summed E-state index contributed by atoms with van der Waals surface area (Å²) in [5.41, 5.74) is 8.31. The summed E-state index contributed by atoms with van der Waals surface area (Å²) in [4.78, 5) is 26.6. The Kier molecular flexibility index (Phi) is 3.25. The van der Waals surface area contributed by atoms with Crippen molar-refractivity contribution < 1.29 is 9.59 Å². The van der Waals surface area contributed by atoms with Crippen LogP contribution in [0.3, 0.4) is 0 Å². The number of nitrogens with two attached hydrogens (primary N) is 1. The molecule has 2 amide bonds. The Hall–Kier alpha value is -2.22. The lowest BCUT2D eigenvalue weighted by molar-refractivity contribution is -0.123. The number of nitrogens with zero attached hydrogens (tertiary/aromatic N) is 3. The summed E-state index contributed by atoms with van der Waals surface area (Å²) >= 11 is 1.23. The number of thiophene rings is 1. The number of nitrogen functional groups attached to an aromatic ring is 1. The first-order valence-corrected chi connectivity index (χ1v) is 7.38. The predicted octanol–water partition coefficient (Wildman–Crippen LogP) is 0.462. The average Bonchev–Trinajstić information content (AvgIpc) is 2.80. The van der Waals surface area contributed by atoms with Gasteiger partial charge in [0, 0.05) is 18.5 Å². The van der Waals surface area contributed by atoms with E-state index in [0.29, 0.717) is 28.5 Å². The van der Waals surface area contributed by atoms with Crippen molar-refractivity contribution in [3.63, 3.8) is 0 Å². The molecular formula is C13H15N5O2S. The van der Waals surface area contributed by atoms with E-state index in [2.05, 4.69) is 15.5 Å². The number of aryl methyl sites for hydroxylation is 2. The van der Waals surface area contributed by atoms with Crippen LogP contribution in [0.25, 0.3) is 10.2 Å². The number of hydrogen-bond donors (Lipinski definition) is 2. The number of piperazine rings is 1. The highest BCUT2D eigenvalue weighted by Crippen LogP contribution is 2.35. The fourth-order valence-electron chi connectivity index (χ4n) is 2.35. The minimum Gasteiger partial charge on any atom is -0.397 e. The van der Waals surface area contributed by atoms with E-state index in [1.807, 2.05) is 13.8 Å². The molecule has 0 aromatic carbocycles. The van der Waals surface area contributed by atoms with E-state index in [1.54, 1.807) is 0 Å². The maximum absolute atomic E-state index is 12.6. The topological polar surface area (TPSA) is 101 Å². The number of fused-ring (bicyclic) bond motifs is 1. The van der Waals surface area contributed by atoms with E-state index in [4.69, 9.17) is 5.73 Å². The van der Waals surface area contributed by atoms with Crippen LogP contribution in [-0.2, 0) is 4.79 Å². The lowest BCUT2D eigenvalue weighted by atomic mass is 10.1. The van der Waals surface area contributed by atoms with Gasteiger partial charge in [0.25, 0.3) is 5.91 Å². The minimum atomic E-state index is -0.220. The molecule has 0 radical (unpaired) electrons. The van der Waals surface area contributed by atoms with Gasteiger partial charge in [0.15, 0.2) is 0 Å². The van der Waals surface area contributed by atoms with Crippen LogP contribution in [0.1, 0.15) is 20.9 Å². The van der Waals surface area contributed by atoms with Crippen molar-refractivity contribution in [2.24, 2.45) is 0 Å². The summed E-state index contributed by atoms with van der Waals surface area (Å²) in [5, 5.41) is 11.6. The maximum atomic E-state index is 12.6. The normalized spacial score (nSPS) is 15.3. The van der Waals surface area contributed by atoms with Gasteiger partial charge in [0.2, 0.25) is 5.91 Å². The van der Waals surface area contributed by atoms with Crippen molar-refractivity contribution in [2.45, 2.75) is 13.8 Å². The Morgan fingerprint density at radius 3 is 2.86 bits per heavy atom. The molecule has 3 rings (SSSR count). The molecule has 1 aliphatic rings. The Morgan fingerprint density at radius 1 is 1.38 bits per heavy atom. The zero-order valence-corrected chi connectivity index (χ0v) is 12.6. The first-order valence-electron chi connectivity index (χ1n) is 6.57. The fourth-order valence-corrected chi connectivity index (χ4v) is 3.42. The number of anilines is 1. The van der Waals surface area contributed by atoms with E-state index >= 15 is 0 Å². The summed E-state index contributed by atoms with van der Waals surface area (Å²) in [5.74, 6) is -0.372. The lowest BCUT2D eigenvalue weighted by Gasteiger charge is -2.26. The van der Waals surface area contributed by atoms with Gasteiger partial charge in [0.05, 0.1) is 17.9 Å². The van der Waals surface area contributed by atoms with Crippen molar-refractivity contribution in [1.82, 2.24) is 20.4 Å². The Balaban J connectivity index is 2.04. The molecule has 8 heteroatoms. The molecular weight excluding hydrogens is 290 g/mol. The van der Waals surface area contributed by atoms with Gasteiger partial charge in [0.1, 0.15) is 9.71 Å². The molecule has 21 heavy (non-hydrogen) atoms. The van der Waals surface area contributed by atoms with Crippen LogP contribution in [-0.4, -0.2) is 46.5 Å². The quantitative estimate of drug-likeness (QED) is 0.797. The second-order valence-corrected chi connectivity index (χ2v) is 6.01. The first kappa shape index (κ1) is 13.7. The number of aromatic nitrogens is 2. The van der Waals surface area contributed by atoms with Gasteiger partial charge in [-0.2, -0.15) is 5.10 Å². The molecule has 1 aliphatic heterocycles. The van der Waals surface area contributed by atoms with Crippen LogP contribution in [0, 0.1) is 13.8 Å². The number of hydrogen-bond acceptors (Lipinski definition) is 6. The molecule has 1 saturated heterocycles. The van der Waals surface area contributed by atoms with Gasteiger partial charge in [-0.1, -0.05) is 0 Å². The van der Waals surface area contributed by atoms with Crippen molar-refractivity contribution in [3.05, 3.63) is 16.1 Å². The second-order valence-electron chi connectivity index (χ2n) is 5.01. The largest absolute Gasteiger partial charge is 0.397 e. The zero-order valence-electron chi connectivity index (χ0n) is 11.8. The molecule has 3 N–H and O–H groups in total. The SMILES string of the molecule is Cc1nnc2sc(C(=O)N3CCNC(=O)C3)c(N)c2c1C. The van der Waals surface area contributed by atoms with Crippen LogP contribution in [0.4, 0.5) is 5.69 Å². The molecule has 0 saturated carbocycles. The van der Waals surface area contributed by atoms with E-state index < -0.39 is 0 Å². The number of carbonyl (C=O) groups excluding carboxylic acids is 2. The van der Waals surface area contributed by atoms with Crippen LogP contribution in [0.15, 0.2) is 0 Å². The molecule has 7 nitrogen and oxygen atoms in total. The second kappa shape index (κ2) is 4.96. The molecule has 3 heterocycles. The van der Waals surface area contributed by atoms with Gasteiger partial charge in [-0.25, -0.2) is 0 Å². The summed E-state index contributed by atoms with van der Waals surface area (Å²) in [6, 6.07) is 0. The molecule has 2 aromatic heterocycles. The van der Waals surface area contributed by atoms with Gasteiger partial charge in [-0.3, -0.25) is 9.59 Å². The molecule has 0 bridgehead atoms. The smallest absolute Gasteiger partial charge is 0.266 e. The summed E-state index contributed by atoms with van der Waals surface area (Å²) in [7, 11) is 0. The van der Waals surface area contributed by atoms with Gasteiger partial charge in [-0.15, -0.1) is 16.4 Å². The van der Waals surface area contributed by atoms with E-state index in [1.165, 1.54) is 16.2 Å². The molecule has 2 aromatic rings. The summed E-state index contributed by atoms with van der Waals surface area (Å²) in [6.45, 7) is 4.79. The van der Waals surface area contributed by atoms with Crippen LogP contribution >= 0.6 is 11.3 Å². The van der Waals surface area contributed by atoms with Crippen molar-refractivity contribution in [1.29, 1.82) is 0 Å². The van der Waals surface area contributed by atoms with E-state index in [0.717, 1.165) is 16.6 Å². The molecule has 1 fully saturated rings. The van der Waals surface area contributed by atoms with Gasteiger partial charge >= 0.3 is 0 Å². The molecule has 0 atom stereocenters. The molecule has 110 valence electrons. The highest BCUT2D eigenvalue weighted by atomic mass is 32.1. The van der Waals surface area contributed by atoms with Crippen LogP contribution in [0.5, 0.6) is 0 Å². The average molecular weight is 305 g/mol. The molecule has 0 unspecified atom stereocenters. The van der Waals surface area contributed by atoms with E-state index in [9.17, 15) is 9.59 Å². The lowest BCUT2D eigenvalue weighted by Crippen LogP contribution is -2.49. The van der Waals surface area contributed by atoms with Crippen molar-refractivity contribution in [2.75, 3.05) is 25.4 Å². The van der Waals surface area contributed by atoms with Gasteiger partial charge in [-0.05, 0) is 19.4 Å². The third-order valence-electron chi connectivity index (χ3n) is 3.65. The summed E-state index contributed by atoms with van der Waals surface area (Å²) in [6.07, 6.45) is 0. The molecule has 0 spiro atoms. The minimum absolute atomic E-state index is 0.0657. The monoisotopic (exact) mass is 305 g/mol. The van der Waals surface area contributed by atoms with Gasteiger partial charge < -0.3 is 16.0 Å². The van der Waals surface area contributed by atoms with Crippen molar-refractivity contribution in [3.8, 4) is 0 Å². The number of rotatable bonds is 1. The number of amides is 2.